The van der Waals surface area contributed by atoms with Gasteiger partial charge in [0, 0.05) is 38.3 Å². The molecule has 0 unspecified atom stereocenters. The van der Waals surface area contributed by atoms with E-state index in [1.165, 1.54) is 28.2 Å². The van der Waals surface area contributed by atoms with Crippen molar-refractivity contribution in [2.45, 2.75) is 35.9 Å². The van der Waals surface area contributed by atoms with Gasteiger partial charge in [0.25, 0.3) is 5.91 Å². The molecule has 0 saturated carbocycles. The Morgan fingerprint density at radius 1 is 1.05 bits per heavy atom. The number of carbonyl (C=O) groups is 1. The van der Waals surface area contributed by atoms with Crippen LogP contribution in [0, 0.1) is 0 Å². The molecule has 4 heterocycles. The largest absolute Gasteiger partial charge is 0.378 e. The lowest BCUT2D eigenvalue weighted by Crippen LogP contribution is -2.37. The molecule has 1 N–H and O–H groups in total. The molecule has 11 nitrogen and oxygen atoms in total. The van der Waals surface area contributed by atoms with E-state index in [-0.39, 0.29) is 10.8 Å². The molecule has 2 fully saturated rings. The van der Waals surface area contributed by atoms with Crippen molar-refractivity contribution in [3.8, 4) is 0 Å². The lowest BCUT2D eigenvalue weighted by Gasteiger charge is -2.28. The molecule has 0 bridgehead atoms. The Labute approximate surface area is 220 Å². The van der Waals surface area contributed by atoms with Gasteiger partial charge in [-0.2, -0.15) is 9.40 Å². The summed E-state index contributed by atoms with van der Waals surface area (Å²) < 4.78 is 34.5. The van der Waals surface area contributed by atoms with Gasteiger partial charge in [-0.1, -0.05) is 18.2 Å². The van der Waals surface area contributed by atoms with Gasteiger partial charge >= 0.3 is 0 Å². The Balaban J connectivity index is 1.24. The summed E-state index contributed by atoms with van der Waals surface area (Å²) in [5, 5.41) is 8.94. The third-order valence-corrected chi connectivity index (χ3v) is 9.09. The molecule has 3 aromatic rings. The first-order valence-electron chi connectivity index (χ1n) is 12.5. The van der Waals surface area contributed by atoms with Gasteiger partial charge in [0.1, 0.15) is 5.82 Å². The zero-order valence-electron chi connectivity index (χ0n) is 20.8. The normalized spacial score (nSPS) is 17.3. The second-order valence-corrected chi connectivity index (χ2v) is 11.7. The third-order valence-electron chi connectivity index (χ3n) is 6.63. The van der Waals surface area contributed by atoms with Gasteiger partial charge in [-0.3, -0.25) is 4.79 Å². The summed E-state index contributed by atoms with van der Waals surface area (Å²) in [6.07, 6.45) is 6.52. The highest BCUT2D eigenvalue weighted by Gasteiger charge is 2.26. The van der Waals surface area contributed by atoms with Crippen LogP contribution in [0.5, 0.6) is 0 Å². The van der Waals surface area contributed by atoms with Gasteiger partial charge in [0.2, 0.25) is 10.0 Å². The van der Waals surface area contributed by atoms with Crippen molar-refractivity contribution < 1.29 is 17.9 Å². The first-order chi connectivity index (χ1) is 18.0. The number of morpholine rings is 1. The van der Waals surface area contributed by atoms with E-state index in [1.54, 1.807) is 23.0 Å². The maximum atomic E-state index is 12.8. The summed E-state index contributed by atoms with van der Waals surface area (Å²) in [4.78, 5) is 24.5. The fourth-order valence-corrected chi connectivity index (χ4v) is 6.47. The number of nitrogens with one attached hydrogen (secondary N) is 1. The van der Waals surface area contributed by atoms with E-state index >= 15 is 0 Å². The second kappa shape index (κ2) is 11.3. The highest BCUT2D eigenvalue weighted by atomic mass is 32.2. The van der Waals surface area contributed by atoms with E-state index in [9.17, 15) is 13.2 Å². The van der Waals surface area contributed by atoms with Crippen LogP contribution in [-0.2, 0) is 21.3 Å². The maximum Gasteiger partial charge on any atom is 0.251 e. The molecule has 2 aromatic heterocycles. The van der Waals surface area contributed by atoms with Gasteiger partial charge in [0.05, 0.1) is 36.2 Å². The van der Waals surface area contributed by atoms with Crippen molar-refractivity contribution >= 4 is 44.5 Å². The number of rotatable bonds is 8. The minimum atomic E-state index is -3.52. The number of thioether (sulfide) groups is 1. The van der Waals surface area contributed by atoms with Crippen molar-refractivity contribution in [3.63, 3.8) is 0 Å². The van der Waals surface area contributed by atoms with Crippen LogP contribution in [0.2, 0.25) is 0 Å². The Morgan fingerprint density at radius 3 is 2.49 bits per heavy atom. The second-order valence-electron chi connectivity index (χ2n) is 8.98. The van der Waals surface area contributed by atoms with Crippen LogP contribution in [0.4, 0.5) is 5.82 Å². The van der Waals surface area contributed by atoms with E-state index in [0.29, 0.717) is 50.1 Å². The lowest BCUT2D eigenvalue weighted by molar-refractivity contribution is 0.0952. The van der Waals surface area contributed by atoms with E-state index in [1.807, 2.05) is 6.26 Å². The van der Waals surface area contributed by atoms with Crippen molar-refractivity contribution in [3.05, 3.63) is 36.0 Å². The first kappa shape index (κ1) is 25.9. The number of sulfonamides is 1. The average molecular weight is 546 g/mol. The topological polar surface area (TPSA) is 123 Å². The van der Waals surface area contributed by atoms with E-state index in [4.69, 9.17) is 9.72 Å². The Bertz CT molecular complexity index is 1350. The number of ether oxygens (including phenoxy) is 1. The zero-order chi connectivity index (χ0) is 25.8. The molecule has 5 rings (SSSR count). The highest BCUT2D eigenvalue weighted by molar-refractivity contribution is 7.98. The summed E-state index contributed by atoms with van der Waals surface area (Å²) in [5.74, 6) is 0.583. The molecule has 1 amide bonds. The molecule has 2 aliphatic heterocycles. The van der Waals surface area contributed by atoms with Crippen molar-refractivity contribution in [1.29, 1.82) is 0 Å². The zero-order valence-corrected chi connectivity index (χ0v) is 22.4. The summed E-state index contributed by atoms with van der Waals surface area (Å²) in [6, 6.07) is 6.13. The number of fused-ring (bicyclic) bond motifs is 1. The molecule has 37 heavy (non-hydrogen) atoms. The van der Waals surface area contributed by atoms with E-state index in [2.05, 4.69) is 20.3 Å². The third kappa shape index (κ3) is 5.59. The first-order valence-corrected chi connectivity index (χ1v) is 15.1. The van der Waals surface area contributed by atoms with Crippen LogP contribution < -0.4 is 10.2 Å². The Morgan fingerprint density at radius 2 is 1.78 bits per heavy atom. The highest BCUT2D eigenvalue weighted by Crippen LogP contribution is 2.27. The van der Waals surface area contributed by atoms with Crippen LogP contribution in [0.15, 0.2) is 40.5 Å². The van der Waals surface area contributed by atoms with Gasteiger partial charge in [-0.05, 0) is 43.4 Å². The Kier molecular flexibility index (Phi) is 7.93. The van der Waals surface area contributed by atoms with Crippen LogP contribution in [0.3, 0.4) is 0 Å². The van der Waals surface area contributed by atoms with Gasteiger partial charge < -0.3 is 15.0 Å². The molecular formula is C24H31N7O4S2. The molecule has 0 aliphatic carbocycles. The molecule has 2 saturated heterocycles. The molecule has 0 radical (unpaired) electrons. The number of aromatic nitrogens is 4. The SMILES string of the molecule is CSc1nc(N2CCOCC2)c2cnn(CCNC(=O)c3ccc(S(=O)(=O)N4CCCCC4)cc3)c2n1. The quantitative estimate of drug-likeness (QED) is 0.334. The van der Waals surface area contributed by atoms with Crippen LogP contribution in [0.1, 0.15) is 29.6 Å². The smallest absolute Gasteiger partial charge is 0.251 e. The monoisotopic (exact) mass is 545 g/mol. The number of amides is 1. The minimum absolute atomic E-state index is 0.217. The summed E-state index contributed by atoms with van der Waals surface area (Å²) in [7, 11) is -3.52. The number of carbonyl (C=O) groups excluding carboxylic acids is 1. The minimum Gasteiger partial charge on any atom is -0.378 e. The molecule has 13 heteroatoms. The van der Waals surface area contributed by atoms with Crippen molar-refractivity contribution in [2.75, 3.05) is 57.1 Å². The van der Waals surface area contributed by atoms with Gasteiger partial charge in [0.15, 0.2) is 10.8 Å². The molecule has 198 valence electrons. The Hall–Kier alpha value is -2.74. The van der Waals surface area contributed by atoms with E-state index in [0.717, 1.165) is 49.2 Å². The van der Waals surface area contributed by atoms with Crippen LogP contribution in [-0.4, -0.2) is 90.6 Å². The summed E-state index contributed by atoms with van der Waals surface area (Å²) in [6.45, 7) is 4.71. The predicted octanol–water partition coefficient (Wildman–Crippen LogP) is 1.99. The fraction of sp³-hybridized carbons (Fsp3) is 0.500. The van der Waals surface area contributed by atoms with Crippen molar-refractivity contribution in [1.82, 2.24) is 29.4 Å². The number of hydrogen-bond donors (Lipinski definition) is 1. The lowest BCUT2D eigenvalue weighted by atomic mass is 10.2. The summed E-state index contributed by atoms with van der Waals surface area (Å²) >= 11 is 1.47. The predicted molar refractivity (Wildman–Crippen MR) is 142 cm³/mol. The van der Waals surface area contributed by atoms with Crippen LogP contribution >= 0.6 is 11.8 Å². The molecule has 0 spiro atoms. The summed E-state index contributed by atoms with van der Waals surface area (Å²) in [5.41, 5.74) is 1.13. The fourth-order valence-electron chi connectivity index (χ4n) is 4.60. The maximum absolute atomic E-state index is 12.8. The van der Waals surface area contributed by atoms with Crippen LogP contribution in [0.25, 0.3) is 11.0 Å². The molecule has 0 atom stereocenters. The number of piperidine rings is 1. The number of hydrogen-bond acceptors (Lipinski definition) is 9. The number of benzene rings is 1. The molecule has 2 aliphatic rings. The van der Waals surface area contributed by atoms with Gasteiger partial charge in [-0.15, -0.1) is 0 Å². The standard InChI is InChI=1S/C24H31N7O4S2/c1-36-24-27-21(29-13-15-35-16-14-29)20-17-26-31(22(20)28-24)12-9-25-23(32)18-5-7-19(8-6-18)37(33,34)30-10-3-2-4-11-30/h5-8,17H,2-4,9-16H2,1H3,(H,25,32). The molecule has 1 aromatic carbocycles. The van der Waals surface area contributed by atoms with Crippen molar-refractivity contribution in [2.24, 2.45) is 0 Å². The number of nitrogens with zero attached hydrogens (tertiary/aromatic N) is 6. The van der Waals surface area contributed by atoms with Gasteiger partial charge in [-0.25, -0.2) is 23.1 Å². The average Bonchev–Trinajstić information content (AvgIpc) is 3.36. The number of anilines is 1. The molecular weight excluding hydrogens is 514 g/mol. The van der Waals surface area contributed by atoms with E-state index < -0.39 is 10.0 Å².